The fourth-order valence-electron chi connectivity index (χ4n) is 1.97. The summed E-state index contributed by atoms with van der Waals surface area (Å²) in [5, 5.41) is 12.5. The van der Waals surface area contributed by atoms with Crippen LogP contribution in [0.2, 0.25) is 0 Å². The molecule has 2 rings (SSSR count). The highest BCUT2D eigenvalue weighted by atomic mass is 32.2. The van der Waals surface area contributed by atoms with Crippen molar-refractivity contribution in [3.63, 3.8) is 0 Å². The maximum absolute atomic E-state index is 9.05. The summed E-state index contributed by atoms with van der Waals surface area (Å²) in [7, 11) is 0. The molecule has 0 atom stereocenters. The monoisotopic (exact) mass is 301 g/mol. The van der Waals surface area contributed by atoms with Crippen LogP contribution >= 0.6 is 11.8 Å². The van der Waals surface area contributed by atoms with Crippen molar-refractivity contribution in [2.24, 2.45) is 0 Å². The average molecular weight is 301 g/mol. The summed E-state index contributed by atoms with van der Waals surface area (Å²) in [5.41, 5.74) is 3.57. The van der Waals surface area contributed by atoms with Crippen LogP contribution in [-0.2, 0) is 18.9 Å². The van der Waals surface area contributed by atoms with Gasteiger partial charge in [-0.2, -0.15) is 0 Å². The number of nitrogens with one attached hydrogen (secondary N) is 1. The number of hydrogen-bond acceptors (Lipinski definition) is 3. The average Bonchev–Trinajstić information content (AvgIpc) is 2.52. The number of aliphatic hydroxyl groups excluding tert-OH is 1. The van der Waals surface area contributed by atoms with Crippen molar-refractivity contribution in [2.45, 2.75) is 43.7 Å². The zero-order valence-electron chi connectivity index (χ0n) is 12.7. The molecule has 2 N–H and O–H groups in total. The maximum atomic E-state index is 9.05. The highest BCUT2D eigenvalue weighted by molar-refractivity contribution is 7.98. The zero-order chi connectivity index (χ0) is 15.1. The van der Waals surface area contributed by atoms with Crippen LogP contribution in [0.5, 0.6) is 0 Å². The molecule has 0 saturated carbocycles. The van der Waals surface area contributed by atoms with Gasteiger partial charge in [0, 0.05) is 23.2 Å². The Morgan fingerprint density at radius 2 is 1.71 bits per heavy atom. The van der Waals surface area contributed by atoms with Crippen LogP contribution in [0.3, 0.4) is 0 Å². The molecule has 0 aliphatic heterocycles. The Morgan fingerprint density at radius 1 is 1.00 bits per heavy atom. The SMILES string of the molecule is CC(C)NCc1cccc(SCc2ccc(CO)cc2)c1. The van der Waals surface area contributed by atoms with Crippen LogP contribution in [-0.4, -0.2) is 11.1 Å². The lowest BCUT2D eigenvalue weighted by Gasteiger charge is -2.09. The number of rotatable bonds is 7. The van der Waals surface area contributed by atoms with Gasteiger partial charge in [-0.25, -0.2) is 0 Å². The van der Waals surface area contributed by atoms with E-state index in [-0.39, 0.29) is 6.61 Å². The normalized spacial score (nSPS) is 11.0. The fraction of sp³-hybridized carbons (Fsp3) is 0.333. The van der Waals surface area contributed by atoms with E-state index in [0.29, 0.717) is 6.04 Å². The second-order valence-corrected chi connectivity index (χ2v) is 6.50. The predicted octanol–water partition coefficient (Wildman–Crippen LogP) is 3.97. The minimum atomic E-state index is 0.109. The molecule has 2 aromatic carbocycles. The van der Waals surface area contributed by atoms with Crippen LogP contribution in [0.25, 0.3) is 0 Å². The number of hydrogen-bond donors (Lipinski definition) is 2. The second kappa shape index (κ2) is 8.23. The quantitative estimate of drug-likeness (QED) is 0.759. The first-order valence-electron chi connectivity index (χ1n) is 7.31. The van der Waals surface area contributed by atoms with Gasteiger partial charge in [0.05, 0.1) is 6.61 Å². The van der Waals surface area contributed by atoms with Crippen LogP contribution in [0, 0.1) is 0 Å². The van der Waals surface area contributed by atoms with Gasteiger partial charge in [0.2, 0.25) is 0 Å². The molecule has 2 aromatic rings. The minimum absolute atomic E-state index is 0.109. The molecule has 3 heteroatoms. The van der Waals surface area contributed by atoms with Crippen molar-refractivity contribution in [1.29, 1.82) is 0 Å². The van der Waals surface area contributed by atoms with E-state index in [4.69, 9.17) is 5.11 Å². The summed E-state index contributed by atoms with van der Waals surface area (Å²) in [6.45, 7) is 5.35. The van der Waals surface area contributed by atoms with E-state index in [9.17, 15) is 0 Å². The van der Waals surface area contributed by atoms with E-state index in [2.05, 4.69) is 55.6 Å². The summed E-state index contributed by atoms with van der Waals surface area (Å²) in [4.78, 5) is 1.30. The fourth-order valence-corrected chi connectivity index (χ4v) is 2.91. The van der Waals surface area contributed by atoms with E-state index >= 15 is 0 Å². The maximum Gasteiger partial charge on any atom is 0.0681 e. The lowest BCUT2D eigenvalue weighted by atomic mass is 10.2. The number of benzene rings is 2. The van der Waals surface area contributed by atoms with E-state index in [1.807, 2.05) is 23.9 Å². The molecule has 0 bridgehead atoms. The molecule has 0 heterocycles. The van der Waals surface area contributed by atoms with E-state index in [0.717, 1.165) is 17.9 Å². The Kier molecular flexibility index (Phi) is 6.30. The van der Waals surface area contributed by atoms with E-state index < -0.39 is 0 Å². The van der Waals surface area contributed by atoms with Crippen LogP contribution in [0.15, 0.2) is 53.4 Å². The molecular weight excluding hydrogens is 278 g/mol. The lowest BCUT2D eigenvalue weighted by molar-refractivity contribution is 0.282. The summed E-state index contributed by atoms with van der Waals surface area (Å²) in [6, 6.07) is 17.3. The second-order valence-electron chi connectivity index (χ2n) is 5.45. The van der Waals surface area contributed by atoms with Gasteiger partial charge in [0.1, 0.15) is 0 Å². The third kappa shape index (κ3) is 5.54. The molecule has 0 aromatic heterocycles. The van der Waals surface area contributed by atoms with E-state index in [1.54, 1.807) is 0 Å². The summed E-state index contributed by atoms with van der Waals surface area (Å²) < 4.78 is 0. The van der Waals surface area contributed by atoms with Crippen molar-refractivity contribution < 1.29 is 5.11 Å². The summed E-state index contributed by atoms with van der Waals surface area (Å²) >= 11 is 1.85. The molecule has 0 saturated heterocycles. The number of thioether (sulfide) groups is 1. The molecule has 0 aliphatic carbocycles. The Labute approximate surface area is 131 Å². The van der Waals surface area contributed by atoms with Crippen LogP contribution in [0.1, 0.15) is 30.5 Å². The highest BCUT2D eigenvalue weighted by Gasteiger charge is 2.00. The standard InChI is InChI=1S/C18H23NOS/c1-14(2)19-11-17-4-3-5-18(10-17)21-13-16-8-6-15(12-20)7-9-16/h3-10,14,19-20H,11-13H2,1-2H3. The van der Waals surface area contributed by atoms with Crippen molar-refractivity contribution in [3.05, 3.63) is 65.2 Å². The molecular formula is C18H23NOS. The Morgan fingerprint density at radius 3 is 2.38 bits per heavy atom. The van der Waals surface area contributed by atoms with Gasteiger partial charge in [-0.3, -0.25) is 0 Å². The first-order valence-corrected chi connectivity index (χ1v) is 8.29. The van der Waals surface area contributed by atoms with Crippen molar-refractivity contribution in [1.82, 2.24) is 5.32 Å². The highest BCUT2D eigenvalue weighted by Crippen LogP contribution is 2.23. The van der Waals surface area contributed by atoms with Crippen LogP contribution < -0.4 is 5.32 Å². The molecule has 0 spiro atoms. The predicted molar refractivity (Wildman–Crippen MR) is 90.3 cm³/mol. The zero-order valence-corrected chi connectivity index (χ0v) is 13.5. The van der Waals surface area contributed by atoms with Gasteiger partial charge in [0.25, 0.3) is 0 Å². The molecule has 0 fully saturated rings. The largest absolute Gasteiger partial charge is 0.392 e. The van der Waals surface area contributed by atoms with Crippen molar-refractivity contribution in [2.75, 3.05) is 0 Å². The Hall–Kier alpha value is -1.29. The molecule has 0 unspecified atom stereocenters. The third-order valence-electron chi connectivity index (χ3n) is 3.22. The lowest BCUT2D eigenvalue weighted by Crippen LogP contribution is -2.21. The molecule has 0 radical (unpaired) electrons. The van der Waals surface area contributed by atoms with Crippen molar-refractivity contribution >= 4 is 11.8 Å². The third-order valence-corrected chi connectivity index (χ3v) is 4.29. The summed E-state index contributed by atoms with van der Waals surface area (Å²) in [5.74, 6) is 0.951. The van der Waals surface area contributed by atoms with Gasteiger partial charge >= 0.3 is 0 Å². The molecule has 0 amide bonds. The summed E-state index contributed by atoms with van der Waals surface area (Å²) in [6.07, 6.45) is 0. The Balaban J connectivity index is 1.91. The van der Waals surface area contributed by atoms with Gasteiger partial charge < -0.3 is 10.4 Å². The molecule has 21 heavy (non-hydrogen) atoms. The first-order chi connectivity index (χ1) is 10.2. The van der Waals surface area contributed by atoms with Gasteiger partial charge in [-0.05, 0) is 28.8 Å². The molecule has 2 nitrogen and oxygen atoms in total. The van der Waals surface area contributed by atoms with Crippen LogP contribution in [0.4, 0.5) is 0 Å². The van der Waals surface area contributed by atoms with E-state index in [1.165, 1.54) is 16.0 Å². The van der Waals surface area contributed by atoms with Gasteiger partial charge in [0.15, 0.2) is 0 Å². The molecule has 0 aliphatic rings. The number of aliphatic hydroxyl groups is 1. The minimum Gasteiger partial charge on any atom is -0.392 e. The topological polar surface area (TPSA) is 32.3 Å². The van der Waals surface area contributed by atoms with Crippen molar-refractivity contribution in [3.8, 4) is 0 Å². The smallest absolute Gasteiger partial charge is 0.0681 e. The first kappa shape index (κ1) is 16.1. The molecule has 112 valence electrons. The van der Waals surface area contributed by atoms with Gasteiger partial charge in [-0.15, -0.1) is 11.8 Å². The Bertz CT molecular complexity index is 551. The van der Waals surface area contributed by atoms with Gasteiger partial charge in [-0.1, -0.05) is 50.2 Å².